The monoisotopic (exact) mass is 505 g/mol. The van der Waals surface area contributed by atoms with Crippen LogP contribution in [-0.4, -0.2) is 41.8 Å². The van der Waals surface area contributed by atoms with E-state index in [2.05, 4.69) is 10.3 Å². The largest absolute Gasteiger partial charge is 0.496 e. The number of pyridine rings is 1. The van der Waals surface area contributed by atoms with Gasteiger partial charge in [0, 0.05) is 29.4 Å². The lowest BCUT2D eigenvalue weighted by atomic mass is 9.87. The predicted octanol–water partition coefficient (Wildman–Crippen LogP) is 6.64. The summed E-state index contributed by atoms with van der Waals surface area (Å²) in [4.78, 5) is 18.8. The van der Waals surface area contributed by atoms with Gasteiger partial charge in [0.05, 0.1) is 34.8 Å². The van der Waals surface area contributed by atoms with Crippen LogP contribution in [0, 0.1) is 5.82 Å². The molecule has 1 N–H and O–H groups in total. The molecular weight excluding hydrogens is 480 g/mol. The van der Waals surface area contributed by atoms with Gasteiger partial charge in [-0.1, -0.05) is 23.2 Å². The van der Waals surface area contributed by atoms with Crippen LogP contribution in [-0.2, 0) is 10.3 Å². The number of aromatic nitrogens is 1. The maximum atomic E-state index is 15.2. The molecule has 4 rings (SSSR count). The first-order valence-electron chi connectivity index (χ1n) is 10.9. The highest BCUT2D eigenvalue weighted by Crippen LogP contribution is 2.43. The number of carbonyl (C=O) groups is 1. The summed E-state index contributed by atoms with van der Waals surface area (Å²) in [7, 11) is 1.60. The van der Waals surface area contributed by atoms with Crippen LogP contribution in [0.4, 0.5) is 14.9 Å². The molecule has 0 aliphatic carbocycles. The zero-order chi connectivity index (χ0) is 24.7. The Balaban J connectivity index is 1.77. The highest BCUT2D eigenvalue weighted by molar-refractivity contribution is 6.42. The van der Waals surface area contributed by atoms with Gasteiger partial charge in [0.1, 0.15) is 17.2 Å². The maximum absolute atomic E-state index is 15.2. The number of anilines is 1. The highest BCUT2D eigenvalue weighted by Gasteiger charge is 2.46. The van der Waals surface area contributed by atoms with E-state index in [0.29, 0.717) is 29.9 Å². The number of methoxy groups -OCH3 is 1. The Morgan fingerprint density at radius 1 is 1.21 bits per heavy atom. The summed E-state index contributed by atoms with van der Waals surface area (Å²) in [5, 5.41) is 4.64. The van der Waals surface area contributed by atoms with Crippen molar-refractivity contribution in [2.45, 2.75) is 38.3 Å². The van der Waals surface area contributed by atoms with Gasteiger partial charge in [0.25, 0.3) is 0 Å². The number of nitrogens with zero attached hydrogens (tertiary/aromatic N) is 2. The minimum atomic E-state index is -1.03. The summed E-state index contributed by atoms with van der Waals surface area (Å²) < 4.78 is 26.2. The quantitative estimate of drug-likeness (QED) is 0.402. The predicted molar refractivity (Wildman–Crippen MR) is 132 cm³/mol. The van der Waals surface area contributed by atoms with E-state index in [1.165, 1.54) is 12.1 Å². The number of hydrogen-bond donors (Lipinski definition) is 1. The third-order valence-corrected chi connectivity index (χ3v) is 6.55. The molecule has 1 atom stereocenters. The number of amides is 1. The van der Waals surface area contributed by atoms with Crippen molar-refractivity contribution in [2.24, 2.45) is 0 Å². The molecule has 1 aliphatic rings. The molecule has 1 saturated heterocycles. The molecule has 34 heavy (non-hydrogen) atoms. The Kier molecular flexibility index (Phi) is 6.53. The third-order valence-electron chi connectivity index (χ3n) is 5.75. The first-order valence-corrected chi connectivity index (χ1v) is 11.6. The summed E-state index contributed by atoms with van der Waals surface area (Å²) in [5.41, 5.74) is -0.0758. The Bertz CT molecular complexity index is 1250. The van der Waals surface area contributed by atoms with Gasteiger partial charge in [-0.15, -0.1) is 0 Å². The summed E-state index contributed by atoms with van der Waals surface area (Å²) in [6, 6.07) is 10.1. The van der Waals surface area contributed by atoms with E-state index in [4.69, 9.17) is 32.7 Å². The summed E-state index contributed by atoms with van der Waals surface area (Å²) >= 11 is 12.8. The van der Waals surface area contributed by atoms with Gasteiger partial charge in [0.15, 0.2) is 0 Å². The number of nitrogens with one attached hydrogen (secondary N) is 1. The molecule has 3 aromatic rings. The topological polar surface area (TPSA) is 63.7 Å². The van der Waals surface area contributed by atoms with Crippen molar-refractivity contribution in [1.29, 1.82) is 0 Å². The highest BCUT2D eigenvalue weighted by atomic mass is 35.5. The number of carbonyl (C=O) groups excluding carboxylic acids is 1. The van der Waals surface area contributed by atoms with Crippen LogP contribution >= 0.6 is 23.2 Å². The number of likely N-dealkylation sites (tertiary alicyclic amines) is 1. The Morgan fingerprint density at radius 3 is 2.68 bits per heavy atom. The van der Waals surface area contributed by atoms with E-state index in [0.717, 1.165) is 5.39 Å². The molecular formula is C25H26Cl2FN3O3. The van der Waals surface area contributed by atoms with Crippen molar-refractivity contribution >= 4 is 45.9 Å². The second-order valence-corrected chi connectivity index (χ2v) is 10.1. The number of hydrogen-bond acceptors (Lipinski definition) is 5. The fourth-order valence-electron chi connectivity index (χ4n) is 4.28. The number of halogens is 3. The van der Waals surface area contributed by atoms with E-state index >= 15 is 4.39 Å². The second-order valence-electron chi connectivity index (χ2n) is 9.32. The third kappa shape index (κ3) is 4.72. The lowest BCUT2D eigenvalue weighted by Gasteiger charge is -2.34. The number of ether oxygens (including phenoxy) is 2. The van der Waals surface area contributed by atoms with Crippen LogP contribution in [0.3, 0.4) is 0 Å². The first kappa shape index (κ1) is 24.4. The molecule has 1 aliphatic heterocycles. The van der Waals surface area contributed by atoms with Crippen molar-refractivity contribution in [3.05, 3.63) is 64.0 Å². The van der Waals surface area contributed by atoms with Gasteiger partial charge in [-0.3, -0.25) is 4.98 Å². The van der Waals surface area contributed by atoms with Crippen LogP contribution in [0.5, 0.6) is 5.75 Å². The van der Waals surface area contributed by atoms with Crippen molar-refractivity contribution < 1.29 is 18.7 Å². The molecule has 0 radical (unpaired) electrons. The summed E-state index contributed by atoms with van der Waals surface area (Å²) in [6.45, 7) is 5.90. The molecule has 9 heteroatoms. The van der Waals surface area contributed by atoms with Crippen molar-refractivity contribution in [3.63, 3.8) is 0 Å². The normalized spacial score (nSPS) is 18.3. The molecule has 0 bridgehead atoms. The number of benzene rings is 2. The summed E-state index contributed by atoms with van der Waals surface area (Å²) in [6.07, 6.45) is 1.58. The fourth-order valence-corrected chi connectivity index (χ4v) is 4.77. The van der Waals surface area contributed by atoms with Crippen molar-refractivity contribution in [1.82, 2.24) is 9.88 Å². The van der Waals surface area contributed by atoms with Gasteiger partial charge in [-0.25, -0.2) is 9.18 Å². The van der Waals surface area contributed by atoms with E-state index in [-0.39, 0.29) is 22.2 Å². The van der Waals surface area contributed by atoms with Gasteiger partial charge in [0.2, 0.25) is 0 Å². The fraction of sp³-hybridized carbons (Fsp3) is 0.360. The lowest BCUT2D eigenvalue weighted by molar-refractivity contribution is 0.0286. The molecule has 2 heterocycles. The Morgan fingerprint density at radius 2 is 1.97 bits per heavy atom. The molecule has 1 amide bonds. The zero-order valence-electron chi connectivity index (χ0n) is 19.4. The number of fused-ring (bicyclic) bond motifs is 1. The van der Waals surface area contributed by atoms with Gasteiger partial charge in [-0.2, -0.15) is 0 Å². The molecule has 1 fully saturated rings. The molecule has 0 spiro atoms. The molecule has 180 valence electrons. The first-order chi connectivity index (χ1) is 16.0. The second kappa shape index (κ2) is 9.12. The minimum absolute atomic E-state index is 0.112. The average molecular weight is 506 g/mol. The summed E-state index contributed by atoms with van der Waals surface area (Å²) in [5.74, 6) is 0.195. The minimum Gasteiger partial charge on any atom is -0.496 e. The maximum Gasteiger partial charge on any atom is 0.410 e. The van der Waals surface area contributed by atoms with Gasteiger partial charge < -0.3 is 19.7 Å². The molecule has 6 nitrogen and oxygen atoms in total. The van der Waals surface area contributed by atoms with E-state index < -0.39 is 23.1 Å². The van der Waals surface area contributed by atoms with E-state index in [1.807, 2.05) is 18.2 Å². The van der Waals surface area contributed by atoms with Crippen LogP contribution in [0.25, 0.3) is 10.9 Å². The molecule has 0 saturated carbocycles. The SMILES string of the molecule is COc1ccnc2cc(N[C@]3(c4c(F)ccc(Cl)c4Cl)CCN(C(=O)OC(C)(C)C)C3)ccc12. The average Bonchev–Trinajstić information content (AvgIpc) is 3.19. The standard InChI is InChI=1S/C25H26Cl2FN3O3/c1-24(2,3)34-23(32)31-12-10-25(14-31,21-18(28)8-7-17(26)22(21)27)30-15-5-6-16-19(13-15)29-11-9-20(16)33-4/h5-9,11,13,30H,10,12,14H2,1-4H3/t25-/m1/s1. The Hall–Kier alpha value is -2.77. The van der Waals surface area contributed by atoms with Crippen molar-refractivity contribution in [2.75, 3.05) is 25.5 Å². The van der Waals surface area contributed by atoms with E-state index in [1.54, 1.807) is 45.0 Å². The molecule has 0 unspecified atom stereocenters. The number of rotatable bonds is 4. The van der Waals surface area contributed by atoms with E-state index in [9.17, 15) is 4.79 Å². The van der Waals surface area contributed by atoms with Gasteiger partial charge in [-0.05, 0) is 63.6 Å². The van der Waals surface area contributed by atoms with Crippen LogP contribution < -0.4 is 10.1 Å². The van der Waals surface area contributed by atoms with Crippen molar-refractivity contribution in [3.8, 4) is 5.75 Å². The van der Waals surface area contributed by atoms with Crippen LogP contribution in [0.1, 0.15) is 32.8 Å². The molecule has 2 aromatic carbocycles. The van der Waals surface area contributed by atoms with Gasteiger partial charge >= 0.3 is 6.09 Å². The smallest absolute Gasteiger partial charge is 0.410 e. The molecule has 1 aromatic heterocycles. The van der Waals surface area contributed by atoms with Crippen LogP contribution in [0.15, 0.2) is 42.6 Å². The van der Waals surface area contributed by atoms with Crippen LogP contribution in [0.2, 0.25) is 10.0 Å². The lowest BCUT2D eigenvalue weighted by Crippen LogP contribution is -2.42. The zero-order valence-corrected chi connectivity index (χ0v) is 20.9. The Labute approximate surface area is 208 Å².